The number of H-pyrrole nitrogens is 1. The molecular weight excluding hydrogens is 346 g/mol. The summed E-state index contributed by atoms with van der Waals surface area (Å²) in [5.74, 6) is -0.103. The summed E-state index contributed by atoms with van der Waals surface area (Å²) in [4.78, 5) is 38.6. The Balaban J connectivity index is 1.71. The number of fused-ring (bicyclic) bond motifs is 1. The van der Waals surface area contributed by atoms with Crippen LogP contribution in [0.25, 0.3) is 0 Å². The van der Waals surface area contributed by atoms with E-state index in [9.17, 15) is 14.4 Å². The fourth-order valence-corrected chi connectivity index (χ4v) is 3.50. The molecule has 4 N–H and O–H groups in total. The Labute approximate surface area is 156 Å². The van der Waals surface area contributed by atoms with E-state index < -0.39 is 11.5 Å². The summed E-state index contributed by atoms with van der Waals surface area (Å²) in [6, 6.07) is 8.88. The first-order valence-electron chi connectivity index (χ1n) is 8.96. The third-order valence-corrected chi connectivity index (χ3v) is 4.87. The van der Waals surface area contributed by atoms with E-state index in [4.69, 9.17) is 10.5 Å². The molecule has 3 rings (SSSR count). The summed E-state index contributed by atoms with van der Waals surface area (Å²) >= 11 is 0. The maximum atomic E-state index is 12.5. The fourth-order valence-electron chi connectivity index (χ4n) is 3.50. The standard InChI is InChI=1S/C20H23N3O4/c1-27-17-8-3-2-5-12(17)9-10-18(24)22-15-6-4-7-16-13(15)11-14(19(21)25)20(26)23-16/h2-3,5,8,11,15H,4,6-7,9-10H2,1H3,(H2,21,25)(H,22,24)(H,23,26). The van der Waals surface area contributed by atoms with Crippen molar-refractivity contribution in [2.45, 2.75) is 38.1 Å². The third kappa shape index (κ3) is 4.19. The van der Waals surface area contributed by atoms with Gasteiger partial charge in [0.05, 0.1) is 13.2 Å². The summed E-state index contributed by atoms with van der Waals surface area (Å²) in [7, 11) is 1.61. The molecule has 1 heterocycles. The van der Waals surface area contributed by atoms with Gasteiger partial charge in [-0.1, -0.05) is 18.2 Å². The first-order valence-corrected chi connectivity index (χ1v) is 8.96. The Morgan fingerprint density at radius 3 is 2.85 bits per heavy atom. The number of nitrogens with two attached hydrogens (primary N) is 1. The van der Waals surface area contributed by atoms with Gasteiger partial charge in [-0.05, 0) is 48.9 Å². The van der Waals surface area contributed by atoms with Crippen molar-refractivity contribution >= 4 is 11.8 Å². The largest absolute Gasteiger partial charge is 0.496 e. The second-order valence-corrected chi connectivity index (χ2v) is 6.63. The topological polar surface area (TPSA) is 114 Å². The van der Waals surface area contributed by atoms with Gasteiger partial charge in [0, 0.05) is 12.1 Å². The molecular formula is C20H23N3O4. The highest BCUT2D eigenvalue weighted by molar-refractivity contribution is 5.92. The van der Waals surface area contributed by atoms with Crippen molar-refractivity contribution in [1.29, 1.82) is 0 Å². The molecule has 2 aromatic rings. The van der Waals surface area contributed by atoms with Crippen molar-refractivity contribution in [2.75, 3.05) is 7.11 Å². The van der Waals surface area contributed by atoms with Gasteiger partial charge in [0.15, 0.2) is 0 Å². The van der Waals surface area contributed by atoms with Crippen LogP contribution in [-0.4, -0.2) is 23.9 Å². The molecule has 1 aliphatic rings. The molecule has 0 bridgehead atoms. The van der Waals surface area contributed by atoms with Crippen molar-refractivity contribution < 1.29 is 14.3 Å². The summed E-state index contributed by atoms with van der Waals surface area (Å²) in [5.41, 5.74) is 7.21. The van der Waals surface area contributed by atoms with Crippen LogP contribution in [0.5, 0.6) is 5.75 Å². The van der Waals surface area contributed by atoms with Gasteiger partial charge in [-0.25, -0.2) is 0 Å². The van der Waals surface area contributed by atoms with Crippen molar-refractivity contribution in [3.8, 4) is 5.75 Å². The minimum atomic E-state index is -0.772. The Morgan fingerprint density at radius 1 is 1.33 bits per heavy atom. The number of ether oxygens (including phenoxy) is 1. The number of amides is 2. The number of carbonyl (C=O) groups is 2. The fraction of sp³-hybridized carbons (Fsp3) is 0.350. The second kappa shape index (κ2) is 8.07. The first kappa shape index (κ1) is 18.7. The van der Waals surface area contributed by atoms with E-state index in [1.165, 1.54) is 6.07 Å². The summed E-state index contributed by atoms with van der Waals surface area (Å²) < 4.78 is 5.31. The number of aryl methyl sites for hydroxylation is 2. The number of carbonyl (C=O) groups excluding carboxylic acids is 2. The van der Waals surface area contributed by atoms with Gasteiger partial charge in [-0.2, -0.15) is 0 Å². The average Bonchev–Trinajstić information content (AvgIpc) is 2.66. The lowest BCUT2D eigenvalue weighted by atomic mass is 9.90. The van der Waals surface area contributed by atoms with Crippen molar-refractivity contribution in [1.82, 2.24) is 10.3 Å². The van der Waals surface area contributed by atoms with Crippen LogP contribution in [0.1, 0.15) is 52.5 Å². The van der Waals surface area contributed by atoms with Crippen molar-refractivity contribution in [3.05, 3.63) is 63.1 Å². The zero-order valence-corrected chi connectivity index (χ0v) is 15.2. The van der Waals surface area contributed by atoms with E-state index >= 15 is 0 Å². The minimum Gasteiger partial charge on any atom is -0.496 e. The molecule has 0 saturated carbocycles. The average molecular weight is 369 g/mol. The van der Waals surface area contributed by atoms with Crippen molar-refractivity contribution in [2.24, 2.45) is 5.73 Å². The van der Waals surface area contributed by atoms with Crippen molar-refractivity contribution in [3.63, 3.8) is 0 Å². The van der Waals surface area contributed by atoms with Crippen LogP contribution in [-0.2, 0) is 17.6 Å². The molecule has 0 saturated heterocycles. The molecule has 0 fully saturated rings. The Morgan fingerprint density at radius 2 is 2.11 bits per heavy atom. The minimum absolute atomic E-state index is 0.0797. The van der Waals surface area contributed by atoms with Crippen LogP contribution in [0.15, 0.2) is 35.1 Å². The lowest BCUT2D eigenvalue weighted by Gasteiger charge is -2.26. The predicted octanol–water partition coefficient (Wildman–Crippen LogP) is 1.61. The normalized spacial score (nSPS) is 15.7. The molecule has 7 heteroatoms. The number of pyridine rings is 1. The number of primary amides is 1. The summed E-state index contributed by atoms with van der Waals surface area (Å²) in [6.07, 6.45) is 3.18. The van der Waals surface area contributed by atoms with E-state index in [1.807, 2.05) is 24.3 Å². The molecule has 142 valence electrons. The molecule has 1 aliphatic carbocycles. The van der Waals surface area contributed by atoms with E-state index in [-0.39, 0.29) is 17.5 Å². The second-order valence-electron chi connectivity index (χ2n) is 6.63. The number of para-hydroxylation sites is 1. The number of hydrogen-bond acceptors (Lipinski definition) is 4. The molecule has 1 unspecified atom stereocenters. The number of methoxy groups -OCH3 is 1. The lowest BCUT2D eigenvalue weighted by molar-refractivity contribution is -0.121. The Kier molecular flexibility index (Phi) is 5.59. The molecule has 1 aromatic carbocycles. The number of benzene rings is 1. The van der Waals surface area contributed by atoms with Crippen LogP contribution < -0.4 is 21.3 Å². The summed E-state index contributed by atoms with van der Waals surface area (Å²) in [5, 5.41) is 3.01. The number of nitrogens with one attached hydrogen (secondary N) is 2. The van der Waals surface area contributed by atoms with Gasteiger partial charge in [-0.15, -0.1) is 0 Å². The van der Waals surface area contributed by atoms with Gasteiger partial charge < -0.3 is 20.8 Å². The highest BCUT2D eigenvalue weighted by Crippen LogP contribution is 2.28. The molecule has 2 amide bonds. The molecule has 0 radical (unpaired) electrons. The maximum absolute atomic E-state index is 12.5. The SMILES string of the molecule is COc1ccccc1CCC(=O)NC1CCCc2[nH]c(=O)c(C(N)=O)cc21. The first-order chi connectivity index (χ1) is 13.0. The summed E-state index contributed by atoms with van der Waals surface area (Å²) in [6.45, 7) is 0. The molecule has 0 aliphatic heterocycles. The Hall–Kier alpha value is -3.09. The number of aromatic nitrogens is 1. The third-order valence-electron chi connectivity index (χ3n) is 4.87. The number of hydrogen-bond donors (Lipinski definition) is 3. The Bertz CT molecular complexity index is 920. The van der Waals surface area contributed by atoms with Crippen LogP contribution in [0, 0.1) is 0 Å². The van der Waals surface area contributed by atoms with Gasteiger partial charge >= 0.3 is 0 Å². The van der Waals surface area contributed by atoms with Gasteiger partial charge in [0.2, 0.25) is 5.91 Å². The zero-order chi connectivity index (χ0) is 19.4. The number of rotatable bonds is 6. The lowest BCUT2D eigenvalue weighted by Crippen LogP contribution is -2.34. The highest BCUT2D eigenvalue weighted by Gasteiger charge is 2.24. The highest BCUT2D eigenvalue weighted by atomic mass is 16.5. The van der Waals surface area contributed by atoms with Crippen LogP contribution in [0.3, 0.4) is 0 Å². The van der Waals surface area contributed by atoms with E-state index in [0.29, 0.717) is 19.3 Å². The monoisotopic (exact) mass is 369 g/mol. The molecule has 27 heavy (non-hydrogen) atoms. The van der Waals surface area contributed by atoms with E-state index in [1.54, 1.807) is 7.11 Å². The van der Waals surface area contributed by atoms with Crippen LogP contribution in [0.4, 0.5) is 0 Å². The van der Waals surface area contributed by atoms with Crippen LogP contribution >= 0.6 is 0 Å². The smallest absolute Gasteiger partial charge is 0.261 e. The van der Waals surface area contributed by atoms with Gasteiger partial charge in [0.1, 0.15) is 11.3 Å². The van der Waals surface area contributed by atoms with Gasteiger partial charge in [-0.3, -0.25) is 14.4 Å². The zero-order valence-electron chi connectivity index (χ0n) is 15.2. The molecule has 7 nitrogen and oxygen atoms in total. The van der Waals surface area contributed by atoms with E-state index in [2.05, 4.69) is 10.3 Å². The molecule has 1 atom stereocenters. The van der Waals surface area contributed by atoms with E-state index in [0.717, 1.165) is 35.4 Å². The molecule has 1 aromatic heterocycles. The predicted molar refractivity (Wildman–Crippen MR) is 101 cm³/mol. The molecule has 0 spiro atoms. The van der Waals surface area contributed by atoms with Gasteiger partial charge in [0.25, 0.3) is 11.5 Å². The number of aromatic amines is 1. The maximum Gasteiger partial charge on any atom is 0.261 e. The quantitative estimate of drug-likeness (QED) is 0.717. The van der Waals surface area contributed by atoms with Crippen LogP contribution in [0.2, 0.25) is 0 Å².